The summed E-state index contributed by atoms with van der Waals surface area (Å²) < 4.78 is 0. The van der Waals surface area contributed by atoms with Gasteiger partial charge in [-0.1, -0.05) is 58.9 Å². The zero-order chi connectivity index (χ0) is 15.5. The molecule has 21 heavy (non-hydrogen) atoms. The van der Waals surface area contributed by atoms with Crippen molar-refractivity contribution in [3.05, 3.63) is 42.1 Å². The molecule has 0 radical (unpaired) electrons. The third kappa shape index (κ3) is 3.82. The van der Waals surface area contributed by atoms with E-state index in [0.29, 0.717) is 17.4 Å². The average Bonchev–Trinajstić information content (AvgIpc) is 2.45. The fourth-order valence-corrected chi connectivity index (χ4v) is 2.68. The van der Waals surface area contributed by atoms with E-state index in [1.807, 2.05) is 12.3 Å². The van der Waals surface area contributed by atoms with Gasteiger partial charge in [0.2, 0.25) is 0 Å². The molecule has 0 aliphatic rings. The van der Waals surface area contributed by atoms with E-state index in [-0.39, 0.29) is 0 Å². The summed E-state index contributed by atoms with van der Waals surface area (Å²) in [5, 5.41) is 4.88. The van der Waals surface area contributed by atoms with Crippen LogP contribution in [0.3, 0.4) is 0 Å². The zero-order valence-corrected chi connectivity index (χ0v) is 14.0. The van der Waals surface area contributed by atoms with Gasteiger partial charge in [-0.2, -0.15) is 0 Å². The van der Waals surface area contributed by atoms with Crippen molar-refractivity contribution in [3.63, 3.8) is 0 Å². The fourth-order valence-electron chi connectivity index (χ4n) is 2.68. The normalized spacial score (nSPS) is 15.1. The SMILES string of the molecule is CCNC(CC(C)C(C)(C)C)c1cccc2cccnc12. The van der Waals surface area contributed by atoms with Crippen LogP contribution in [0.4, 0.5) is 0 Å². The van der Waals surface area contributed by atoms with E-state index in [0.717, 1.165) is 18.5 Å². The number of aromatic nitrogens is 1. The number of benzene rings is 1. The molecule has 2 heteroatoms. The maximum absolute atomic E-state index is 4.61. The topological polar surface area (TPSA) is 24.9 Å². The zero-order valence-electron chi connectivity index (χ0n) is 14.0. The van der Waals surface area contributed by atoms with Gasteiger partial charge in [-0.25, -0.2) is 0 Å². The number of nitrogens with zero attached hydrogens (tertiary/aromatic N) is 1. The molecule has 0 saturated heterocycles. The highest BCUT2D eigenvalue weighted by atomic mass is 14.9. The lowest BCUT2D eigenvalue weighted by Crippen LogP contribution is -2.27. The van der Waals surface area contributed by atoms with Crippen molar-refractivity contribution in [3.8, 4) is 0 Å². The molecule has 1 N–H and O–H groups in total. The maximum atomic E-state index is 4.61. The van der Waals surface area contributed by atoms with E-state index in [9.17, 15) is 0 Å². The summed E-state index contributed by atoms with van der Waals surface area (Å²) in [7, 11) is 0. The number of fused-ring (bicyclic) bond motifs is 1. The van der Waals surface area contributed by atoms with Crippen molar-refractivity contribution < 1.29 is 0 Å². The van der Waals surface area contributed by atoms with Crippen molar-refractivity contribution in [2.24, 2.45) is 11.3 Å². The monoisotopic (exact) mass is 284 g/mol. The van der Waals surface area contributed by atoms with Crippen molar-refractivity contribution in [2.75, 3.05) is 6.54 Å². The van der Waals surface area contributed by atoms with Gasteiger partial charge in [0.1, 0.15) is 0 Å². The quantitative estimate of drug-likeness (QED) is 0.839. The number of rotatable bonds is 5. The number of hydrogen-bond acceptors (Lipinski definition) is 2. The molecule has 2 rings (SSSR count). The van der Waals surface area contributed by atoms with Gasteiger partial charge >= 0.3 is 0 Å². The predicted octanol–water partition coefficient (Wildman–Crippen LogP) is 4.96. The molecule has 1 aromatic heterocycles. The Balaban J connectivity index is 2.36. The molecular formula is C19H28N2. The highest BCUT2D eigenvalue weighted by molar-refractivity contribution is 5.82. The summed E-state index contributed by atoms with van der Waals surface area (Å²) in [5.41, 5.74) is 2.78. The number of hydrogen-bond donors (Lipinski definition) is 1. The first-order chi connectivity index (χ1) is 9.93. The molecule has 0 aliphatic heterocycles. The molecule has 0 saturated carbocycles. The molecule has 0 bridgehead atoms. The number of pyridine rings is 1. The highest BCUT2D eigenvalue weighted by Crippen LogP contribution is 2.34. The Morgan fingerprint density at radius 1 is 1.14 bits per heavy atom. The summed E-state index contributed by atoms with van der Waals surface area (Å²) in [5.74, 6) is 0.639. The van der Waals surface area contributed by atoms with Gasteiger partial charge in [0, 0.05) is 17.6 Å². The van der Waals surface area contributed by atoms with E-state index >= 15 is 0 Å². The van der Waals surface area contributed by atoms with Crippen molar-refractivity contribution in [1.29, 1.82) is 0 Å². The fraction of sp³-hybridized carbons (Fsp3) is 0.526. The highest BCUT2D eigenvalue weighted by Gasteiger charge is 2.25. The van der Waals surface area contributed by atoms with Crippen LogP contribution in [-0.4, -0.2) is 11.5 Å². The van der Waals surface area contributed by atoms with Crippen molar-refractivity contribution in [1.82, 2.24) is 10.3 Å². The van der Waals surface area contributed by atoms with Gasteiger partial charge in [-0.3, -0.25) is 4.98 Å². The largest absolute Gasteiger partial charge is 0.310 e. The Labute approximate surface area is 129 Å². The molecular weight excluding hydrogens is 256 g/mol. The number of para-hydroxylation sites is 1. The minimum atomic E-state index is 0.325. The maximum Gasteiger partial charge on any atom is 0.0749 e. The second-order valence-electron chi connectivity index (χ2n) is 7.04. The van der Waals surface area contributed by atoms with Crippen molar-refractivity contribution >= 4 is 10.9 Å². The first-order valence-electron chi connectivity index (χ1n) is 8.00. The summed E-state index contributed by atoms with van der Waals surface area (Å²) in [6.45, 7) is 12.5. The Bertz CT molecular complexity index is 578. The standard InChI is InChI=1S/C19H28N2/c1-6-20-17(13-14(2)19(3,4)5)16-11-7-9-15-10-8-12-21-18(15)16/h7-12,14,17,20H,6,13H2,1-5H3. The molecule has 0 amide bonds. The van der Waals surface area contributed by atoms with Crippen molar-refractivity contribution in [2.45, 2.75) is 47.1 Å². The molecule has 2 unspecified atom stereocenters. The van der Waals surface area contributed by atoms with Gasteiger partial charge in [0.05, 0.1) is 5.52 Å². The lowest BCUT2D eigenvalue weighted by molar-refractivity contribution is 0.224. The van der Waals surface area contributed by atoms with Crippen LogP contribution >= 0.6 is 0 Å². The van der Waals surface area contributed by atoms with E-state index in [1.54, 1.807) is 0 Å². The average molecular weight is 284 g/mol. The molecule has 114 valence electrons. The molecule has 1 aromatic carbocycles. The van der Waals surface area contributed by atoms with E-state index in [1.165, 1.54) is 10.9 Å². The summed E-state index contributed by atoms with van der Waals surface area (Å²) in [6.07, 6.45) is 3.02. The molecule has 2 aromatic rings. The summed E-state index contributed by atoms with van der Waals surface area (Å²) >= 11 is 0. The summed E-state index contributed by atoms with van der Waals surface area (Å²) in [4.78, 5) is 4.61. The summed E-state index contributed by atoms with van der Waals surface area (Å²) in [6, 6.07) is 11.0. The number of nitrogens with one attached hydrogen (secondary N) is 1. The van der Waals surface area contributed by atoms with Gasteiger partial charge in [0.15, 0.2) is 0 Å². The minimum absolute atomic E-state index is 0.325. The van der Waals surface area contributed by atoms with Crippen LogP contribution < -0.4 is 5.32 Å². The van der Waals surface area contributed by atoms with Gasteiger partial charge in [-0.05, 0) is 35.9 Å². The van der Waals surface area contributed by atoms with E-state index in [2.05, 4.69) is 69.2 Å². The first-order valence-corrected chi connectivity index (χ1v) is 8.00. The van der Waals surface area contributed by atoms with Crippen LogP contribution in [0.25, 0.3) is 10.9 Å². The Morgan fingerprint density at radius 2 is 1.86 bits per heavy atom. The second-order valence-corrected chi connectivity index (χ2v) is 7.04. The third-order valence-corrected chi connectivity index (χ3v) is 4.56. The Morgan fingerprint density at radius 3 is 2.52 bits per heavy atom. The second kappa shape index (κ2) is 6.57. The first kappa shape index (κ1) is 16.0. The molecule has 0 fully saturated rings. The van der Waals surface area contributed by atoms with Gasteiger partial charge < -0.3 is 5.32 Å². The molecule has 2 atom stereocenters. The van der Waals surface area contributed by atoms with Crippen LogP contribution in [0, 0.1) is 11.3 Å². The van der Waals surface area contributed by atoms with Crippen LogP contribution in [0.1, 0.15) is 52.6 Å². The minimum Gasteiger partial charge on any atom is -0.310 e. The molecule has 1 heterocycles. The lowest BCUT2D eigenvalue weighted by Gasteiger charge is -2.31. The lowest BCUT2D eigenvalue weighted by atomic mass is 9.77. The van der Waals surface area contributed by atoms with E-state index < -0.39 is 0 Å². The van der Waals surface area contributed by atoms with Crippen LogP contribution in [0.5, 0.6) is 0 Å². The van der Waals surface area contributed by atoms with Crippen LogP contribution in [0.2, 0.25) is 0 Å². The molecule has 0 aliphatic carbocycles. The third-order valence-electron chi connectivity index (χ3n) is 4.56. The van der Waals surface area contributed by atoms with Crippen LogP contribution in [0.15, 0.2) is 36.5 Å². The smallest absolute Gasteiger partial charge is 0.0749 e. The van der Waals surface area contributed by atoms with E-state index in [4.69, 9.17) is 0 Å². The van der Waals surface area contributed by atoms with Crippen LogP contribution in [-0.2, 0) is 0 Å². The van der Waals surface area contributed by atoms with Gasteiger partial charge in [0.25, 0.3) is 0 Å². The molecule has 0 spiro atoms. The Hall–Kier alpha value is -1.41. The Kier molecular flexibility index (Phi) is 5.00. The molecule has 2 nitrogen and oxygen atoms in total. The van der Waals surface area contributed by atoms with Gasteiger partial charge in [-0.15, -0.1) is 0 Å². The predicted molar refractivity (Wildman–Crippen MR) is 91.4 cm³/mol.